The maximum absolute atomic E-state index is 5.99. The first kappa shape index (κ1) is 12.8. The highest BCUT2D eigenvalue weighted by Crippen LogP contribution is 2.36. The molecule has 0 aliphatic rings. The topological polar surface area (TPSA) is 38.5 Å². The van der Waals surface area contributed by atoms with Crippen LogP contribution in [0.25, 0.3) is 0 Å². The fourth-order valence-corrected chi connectivity index (χ4v) is 2.20. The Hall–Kier alpha value is -1.68. The summed E-state index contributed by atoms with van der Waals surface area (Å²) in [4.78, 5) is 2.01. The third kappa shape index (κ3) is 2.43. The van der Waals surface area contributed by atoms with Crippen molar-refractivity contribution >= 4 is 33.0 Å². The van der Waals surface area contributed by atoms with Gasteiger partial charge in [0.15, 0.2) is 0 Å². The average molecular weight is 307 g/mol. The summed E-state index contributed by atoms with van der Waals surface area (Å²) in [5, 5.41) is 0. The van der Waals surface area contributed by atoms with E-state index in [9.17, 15) is 0 Å². The summed E-state index contributed by atoms with van der Waals surface area (Å²) < 4.78 is 6.38. The standard InChI is InChI=1S/C14H15BrN2O/c1-17(12-6-4-3-5-11(12)16)13-9-10(15)7-8-14(13)18-2/h3-9H,16H2,1-2H3. The minimum absolute atomic E-state index is 0.738. The minimum atomic E-state index is 0.738. The van der Waals surface area contributed by atoms with E-state index in [0.717, 1.165) is 27.3 Å². The van der Waals surface area contributed by atoms with Crippen LogP contribution in [0.1, 0.15) is 0 Å². The Labute approximate surface area is 115 Å². The lowest BCUT2D eigenvalue weighted by atomic mass is 10.2. The van der Waals surface area contributed by atoms with E-state index in [-0.39, 0.29) is 0 Å². The highest BCUT2D eigenvalue weighted by molar-refractivity contribution is 9.10. The molecule has 0 amide bonds. The molecule has 0 atom stereocenters. The molecule has 94 valence electrons. The highest BCUT2D eigenvalue weighted by atomic mass is 79.9. The molecule has 3 nitrogen and oxygen atoms in total. The van der Waals surface area contributed by atoms with Crippen molar-refractivity contribution in [1.29, 1.82) is 0 Å². The van der Waals surface area contributed by atoms with E-state index in [1.54, 1.807) is 7.11 Å². The van der Waals surface area contributed by atoms with E-state index in [1.165, 1.54) is 0 Å². The molecule has 2 aromatic rings. The predicted octanol–water partition coefficient (Wildman–Crippen LogP) is 3.81. The number of rotatable bonds is 3. The van der Waals surface area contributed by atoms with Crippen molar-refractivity contribution < 1.29 is 4.74 Å². The van der Waals surface area contributed by atoms with E-state index in [1.807, 2.05) is 54.4 Å². The van der Waals surface area contributed by atoms with Crippen LogP contribution in [0.3, 0.4) is 0 Å². The van der Waals surface area contributed by atoms with Crippen LogP contribution in [-0.4, -0.2) is 14.2 Å². The molecule has 2 N–H and O–H groups in total. The fourth-order valence-electron chi connectivity index (χ4n) is 1.85. The smallest absolute Gasteiger partial charge is 0.142 e. The second-order valence-corrected chi connectivity index (χ2v) is 4.85. The van der Waals surface area contributed by atoms with Crippen molar-refractivity contribution in [3.8, 4) is 5.75 Å². The molecule has 2 rings (SSSR count). The molecule has 0 heterocycles. The van der Waals surface area contributed by atoms with Gasteiger partial charge in [-0.1, -0.05) is 28.1 Å². The largest absolute Gasteiger partial charge is 0.495 e. The summed E-state index contributed by atoms with van der Waals surface area (Å²) in [6.07, 6.45) is 0. The molecule has 0 unspecified atom stereocenters. The number of hydrogen-bond donors (Lipinski definition) is 1. The van der Waals surface area contributed by atoms with Gasteiger partial charge < -0.3 is 15.4 Å². The van der Waals surface area contributed by atoms with Crippen LogP contribution in [0.2, 0.25) is 0 Å². The van der Waals surface area contributed by atoms with E-state index in [0.29, 0.717) is 0 Å². The molecular formula is C14H15BrN2O. The molecule has 0 aromatic heterocycles. The third-order valence-corrected chi connectivity index (χ3v) is 3.29. The lowest BCUT2D eigenvalue weighted by Crippen LogP contribution is -2.12. The maximum atomic E-state index is 5.99. The van der Waals surface area contributed by atoms with E-state index < -0.39 is 0 Å². The van der Waals surface area contributed by atoms with Crippen LogP contribution in [0.5, 0.6) is 5.75 Å². The van der Waals surface area contributed by atoms with E-state index >= 15 is 0 Å². The lowest BCUT2D eigenvalue weighted by Gasteiger charge is -2.23. The number of nitrogens with two attached hydrogens (primary N) is 1. The van der Waals surface area contributed by atoms with Crippen LogP contribution >= 0.6 is 15.9 Å². The van der Waals surface area contributed by atoms with E-state index in [4.69, 9.17) is 10.5 Å². The van der Waals surface area contributed by atoms with Gasteiger partial charge >= 0.3 is 0 Å². The Morgan fingerprint density at radius 2 is 1.83 bits per heavy atom. The number of benzene rings is 2. The van der Waals surface area contributed by atoms with Crippen LogP contribution in [0.15, 0.2) is 46.9 Å². The molecule has 0 aliphatic carbocycles. The maximum Gasteiger partial charge on any atom is 0.142 e. The normalized spacial score (nSPS) is 10.2. The fraction of sp³-hybridized carbons (Fsp3) is 0.143. The van der Waals surface area contributed by atoms with Crippen LogP contribution in [-0.2, 0) is 0 Å². The van der Waals surface area contributed by atoms with Gasteiger partial charge in [0.05, 0.1) is 24.2 Å². The summed E-state index contributed by atoms with van der Waals surface area (Å²) in [7, 11) is 3.63. The number of nitrogen functional groups attached to an aromatic ring is 1. The highest BCUT2D eigenvalue weighted by Gasteiger charge is 2.12. The molecule has 0 fully saturated rings. The van der Waals surface area contributed by atoms with Crippen molar-refractivity contribution in [3.05, 3.63) is 46.9 Å². The summed E-state index contributed by atoms with van der Waals surface area (Å²) in [6.45, 7) is 0. The van der Waals surface area contributed by atoms with Gasteiger partial charge in [-0.25, -0.2) is 0 Å². The van der Waals surface area contributed by atoms with Gasteiger partial charge in [0.25, 0.3) is 0 Å². The zero-order valence-electron chi connectivity index (χ0n) is 10.4. The summed E-state index contributed by atoms with van der Waals surface area (Å²) in [6, 6.07) is 13.6. The van der Waals surface area contributed by atoms with Crippen LogP contribution in [0.4, 0.5) is 17.1 Å². The first-order valence-electron chi connectivity index (χ1n) is 5.55. The Morgan fingerprint density at radius 1 is 1.11 bits per heavy atom. The molecule has 0 spiro atoms. The van der Waals surface area contributed by atoms with Crippen LogP contribution in [0, 0.1) is 0 Å². The Morgan fingerprint density at radius 3 is 2.50 bits per heavy atom. The number of hydrogen-bond acceptors (Lipinski definition) is 3. The number of nitrogens with zero attached hydrogens (tertiary/aromatic N) is 1. The second kappa shape index (κ2) is 5.31. The molecule has 0 saturated carbocycles. The number of halogens is 1. The number of anilines is 3. The minimum Gasteiger partial charge on any atom is -0.495 e. The zero-order chi connectivity index (χ0) is 13.1. The SMILES string of the molecule is COc1ccc(Br)cc1N(C)c1ccccc1N. The van der Waals surface area contributed by atoms with Crippen molar-refractivity contribution in [1.82, 2.24) is 0 Å². The van der Waals surface area contributed by atoms with Crippen LogP contribution < -0.4 is 15.4 Å². The van der Waals surface area contributed by atoms with Crippen molar-refractivity contribution in [2.24, 2.45) is 0 Å². The first-order chi connectivity index (χ1) is 8.63. The Balaban J connectivity index is 2.48. The van der Waals surface area contributed by atoms with Gasteiger partial charge in [-0.2, -0.15) is 0 Å². The Kier molecular flexibility index (Phi) is 3.77. The summed E-state index contributed by atoms with van der Waals surface area (Å²) in [5.41, 5.74) is 8.65. The molecule has 4 heteroatoms. The van der Waals surface area contributed by atoms with Gasteiger partial charge in [-0.05, 0) is 30.3 Å². The molecule has 0 saturated heterocycles. The number of ether oxygens (including phenoxy) is 1. The van der Waals surface area contributed by atoms with E-state index in [2.05, 4.69) is 15.9 Å². The number of para-hydroxylation sites is 2. The van der Waals surface area contributed by atoms with Gasteiger partial charge in [0, 0.05) is 11.5 Å². The summed E-state index contributed by atoms with van der Waals surface area (Å²) in [5.74, 6) is 0.809. The summed E-state index contributed by atoms with van der Waals surface area (Å²) >= 11 is 3.47. The molecule has 2 aromatic carbocycles. The van der Waals surface area contributed by atoms with Crippen molar-refractivity contribution in [2.45, 2.75) is 0 Å². The predicted molar refractivity (Wildman–Crippen MR) is 79.6 cm³/mol. The van der Waals surface area contributed by atoms with Gasteiger partial charge in [-0.3, -0.25) is 0 Å². The lowest BCUT2D eigenvalue weighted by molar-refractivity contribution is 0.415. The quantitative estimate of drug-likeness (QED) is 0.876. The number of methoxy groups -OCH3 is 1. The first-order valence-corrected chi connectivity index (χ1v) is 6.34. The zero-order valence-corrected chi connectivity index (χ0v) is 11.9. The molecular weight excluding hydrogens is 292 g/mol. The molecule has 0 bridgehead atoms. The van der Waals surface area contributed by atoms with Crippen molar-refractivity contribution in [3.63, 3.8) is 0 Å². The van der Waals surface area contributed by atoms with Gasteiger partial charge in [-0.15, -0.1) is 0 Å². The molecule has 18 heavy (non-hydrogen) atoms. The van der Waals surface area contributed by atoms with Gasteiger partial charge in [0.2, 0.25) is 0 Å². The monoisotopic (exact) mass is 306 g/mol. The second-order valence-electron chi connectivity index (χ2n) is 3.93. The average Bonchev–Trinajstić information content (AvgIpc) is 2.38. The third-order valence-electron chi connectivity index (χ3n) is 2.80. The molecule has 0 radical (unpaired) electrons. The molecule has 0 aliphatic heterocycles. The Bertz CT molecular complexity index is 557. The van der Waals surface area contributed by atoms with Gasteiger partial charge in [0.1, 0.15) is 5.75 Å². The van der Waals surface area contributed by atoms with Crippen molar-refractivity contribution in [2.75, 3.05) is 24.8 Å².